The van der Waals surface area contributed by atoms with Crippen LogP contribution in [0.2, 0.25) is 0 Å². The fourth-order valence-corrected chi connectivity index (χ4v) is 2.11. The summed E-state index contributed by atoms with van der Waals surface area (Å²) in [6.45, 7) is 2.05. The summed E-state index contributed by atoms with van der Waals surface area (Å²) in [6.07, 6.45) is 0. The highest BCUT2D eigenvalue weighted by Crippen LogP contribution is 2.29. The van der Waals surface area contributed by atoms with Gasteiger partial charge in [0.1, 0.15) is 5.69 Å². The Labute approximate surface area is 104 Å². The molecule has 1 aromatic carbocycles. The number of halogens is 1. The molecule has 0 aliphatic rings. The highest BCUT2D eigenvalue weighted by molar-refractivity contribution is 9.10. The van der Waals surface area contributed by atoms with Gasteiger partial charge in [0.2, 0.25) is 0 Å². The Morgan fingerprint density at radius 3 is 2.31 bits per heavy atom. The van der Waals surface area contributed by atoms with Crippen LogP contribution >= 0.6 is 15.9 Å². The van der Waals surface area contributed by atoms with E-state index in [1.54, 1.807) is 0 Å². The first-order valence-corrected chi connectivity index (χ1v) is 5.88. The first-order valence-electron chi connectivity index (χ1n) is 5.09. The molecule has 0 amide bonds. The Balaban J connectivity index is 2.55. The Morgan fingerprint density at radius 1 is 1.19 bits per heavy atom. The molecule has 0 aliphatic carbocycles. The summed E-state index contributed by atoms with van der Waals surface area (Å²) < 4.78 is 1.05. The second kappa shape index (κ2) is 4.29. The molecule has 0 unspecified atom stereocenters. The van der Waals surface area contributed by atoms with Crippen molar-refractivity contribution in [3.8, 4) is 11.3 Å². The van der Waals surface area contributed by atoms with Crippen molar-refractivity contribution in [3.05, 3.63) is 40.5 Å². The summed E-state index contributed by atoms with van der Waals surface area (Å²) >= 11 is 3.60. The van der Waals surface area contributed by atoms with Gasteiger partial charge in [-0.1, -0.05) is 30.3 Å². The SMILES string of the molecule is Cc1c(Br)c(-c2ccccc2)nn1N(C)C. The van der Waals surface area contributed by atoms with Crippen LogP contribution in [0.5, 0.6) is 0 Å². The second-order valence-corrected chi connectivity index (χ2v) is 4.64. The van der Waals surface area contributed by atoms with E-state index in [0.717, 1.165) is 21.4 Å². The van der Waals surface area contributed by atoms with E-state index in [9.17, 15) is 0 Å². The lowest BCUT2D eigenvalue weighted by molar-refractivity contribution is 0.622. The molecule has 0 bridgehead atoms. The van der Waals surface area contributed by atoms with E-state index in [0.29, 0.717) is 0 Å². The fourth-order valence-electron chi connectivity index (χ4n) is 1.64. The molecular weight excluding hydrogens is 266 g/mol. The summed E-state index contributed by atoms with van der Waals surface area (Å²) in [6, 6.07) is 10.2. The predicted octanol–water partition coefficient (Wildman–Crippen LogP) is 2.82. The van der Waals surface area contributed by atoms with Crippen LogP contribution in [0.15, 0.2) is 34.8 Å². The number of aromatic nitrogens is 2. The Bertz CT molecular complexity index is 488. The lowest BCUT2D eigenvalue weighted by atomic mass is 10.1. The molecular formula is C12H14BrN3. The number of benzene rings is 1. The van der Waals surface area contributed by atoms with Crippen molar-refractivity contribution < 1.29 is 0 Å². The molecule has 16 heavy (non-hydrogen) atoms. The van der Waals surface area contributed by atoms with E-state index in [1.165, 1.54) is 0 Å². The van der Waals surface area contributed by atoms with Gasteiger partial charge in [-0.15, -0.1) is 0 Å². The van der Waals surface area contributed by atoms with Crippen LogP contribution in [0.4, 0.5) is 0 Å². The second-order valence-electron chi connectivity index (χ2n) is 3.85. The van der Waals surface area contributed by atoms with Crippen LogP contribution in [0.25, 0.3) is 11.3 Å². The monoisotopic (exact) mass is 279 g/mol. The van der Waals surface area contributed by atoms with Crippen molar-refractivity contribution in [2.45, 2.75) is 6.92 Å². The van der Waals surface area contributed by atoms with E-state index >= 15 is 0 Å². The molecule has 0 N–H and O–H groups in total. The number of hydrogen-bond donors (Lipinski definition) is 0. The van der Waals surface area contributed by atoms with Gasteiger partial charge in [-0.2, -0.15) is 9.89 Å². The van der Waals surface area contributed by atoms with E-state index in [2.05, 4.69) is 33.2 Å². The maximum Gasteiger partial charge on any atom is 0.109 e. The van der Waals surface area contributed by atoms with E-state index in [-0.39, 0.29) is 0 Å². The molecule has 0 fully saturated rings. The summed E-state index contributed by atoms with van der Waals surface area (Å²) in [5.74, 6) is 0. The largest absolute Gasteiger partial charge is 0.303 e. The zero-order valence-corrected chi connectivity index (χ0v) is 11.2. The molecule has 3 nitrogen and oxygen atoms in total. The van der Waals surface area contributed by atoms with E-state index < -0.39 is 0 Å². The molecule has 0 atom stereocenters. The van der Waals surface area contributed by atoms with E-state index in [1.807, 2.05) is 49.0 Å². The Hall–Kier alpha value is -1.29. The molecule has 1 aromatic heterocycles. The molecule has 0 saturated carbocycles. The zero-order valence-electron chi connectivity index (χ0n) is 9.61. The van der Waals surface area contributed by atoms with Crippen molar-refractivity contribution in [1.29, 1.82) is 0 Å². The van der Waals surface area contributed by atoms with Gasteiger partial charge >= 0.3 is 0 Å². The summed E-state index contributed by atoms with van der Waals surface area (Å²) in [4.78, 5) is 1.88. The Morgan fingerprint density at radius 2 is 1.81 bits per heavy atom. The average molecular weight is 280 g/mol. The molecule has 2 aromatic rings. The topological polar surface area (TPSA) is 21.1 Å². The first-order chi connectivity index (χ1) is 7.61. The quantitative estimate of drug-likeness (QED) is 0.843. The minimum absolute atomic E-state index is 0.979. The molecule has 0 radical (unpaired) electrons. The highest BCUT2D eigenvalue weighted by Gasteiger charge is 2.14. The van der Waals surface area contributed by atoms with Gasteiger partial charge in [0.05, 0.1) is 10.2 Å². The molecule has 4 heteroatoms. The maximum atomic E-state index is 4.57. The normalized spacial score (nSPS) is 10.5. The van der Waals surface area contributed by atoms with Crippen LogP contribution in [-0.2, 0) is 0 Å². The van der Waals surface area contributed by atoms with Crippen molar-refractivity contribution in [2.75, 3.05) is 19.1 Å². The predicted molar refractivity (Wildman–Crippen MR) is 70.2 cm³/mol. The molecule has 1 heterocycles. The van der Waals surface area contributed by atoms with Gasteiger partial charge in [0.25, 0.3) is 0 Å². The lowest BCUT2D eigenvalue weighted by Gasteiger charge is -2.13. The van der Waals surface area contributed by atoms with Crippen molar-refractivity contribution in [1.82, 2.24) is 9.89 Å². The van der Waals surface area contributed by atoms with E-state index in [4.69, 9.17) is 0 Å². The fraction of sp³-hybridized carbons (Fsp3) is 0.250. The minimum atomic E-state index is 0.979. The maximum absolute atomic E-state index is 4.57. The zero-order chi connectivity index (χ0) is 11.7. The third-order valence-electron chi connectivity index (χ3n) is 2.45. The van der Waals surface area contributed by atoms with Crippen LogP contribution in [0.3, 0.4) is 0 Å². The number of rotatable bonds is 2. The molecule has 0 aliphatic heterocycles. The standard InChI is InChI=1S/C12H14BrN3/c1-9-11(13)12(14-16(9)15(2)3)10-7-5-4-6-8-10/h4-8H,1-3H3. The van der Waals surface area contributed by atoms with Crippen LogP contribution in [-0.4, -0.2) is 24.0 Å². The third-order valence-corrected chi connectivity index (χ3v) is 3.40. The smallest absolute Gasteiger partial charge is 0.109 e. The van der Waals surface area contributed by atoms with Gasteiger partial charge < -0.3 is 5.01 Å². The third kappa shape index (κ3) is 1.85. The summed E-state index contributed by atoms with van der Waals surface area (Å²) in [7, 11) is 3.95. The van der Waals surface area contributed by atoms with Gasteiger partial charge in [-0.05, 0) is 22.9 Å². The van der Waals surface area contributed by atoms with Crippen molar-refractivity contribution >= 4 is 15.9 Å². The Kier molecular flexibility index (Phi) is 3.01. The molecule has 0 spiro atoms. The molecule has 2 rings (SSSR count). The van der Waals surface area contributed by atoms with Crippen LogP contribution in [0.1, 0.15) is 5.69 Å². The van der Waals surface area contributed by atoms with Gasteiger partial charge in [-0.3, -0.25) is 0 Å². The molecule has 84 valence electrons. The highest BCUT2D eigenvalue weighted by atomic mass is 79.9. The van der Waals surface area contributed by atoms with Crippen LogP contribution < -0.4 is 5.01 Å². The van der Waals surface area contributed by atoms with Gasteiger partial charge in [0, 0.05) is 19.7 Å². The summed E-state index contributed by atoms with van der Waals surface area (Å²) in [5, 5.41) is 6.53. The number of nitrogens with zero attached hydrogens (tertiary/aromatic N) is 3. The summed E-state index contributed by atoms with van der Waals surface area (Å²) in [5.41, 5.74) is 3.20. The van der Waals surface area contributed by atoms with Gasteiger partial charge in [0.15, 0.2) is 0 Å². The van der Waals surface area contributed by atoms with Gasteiger partial charge in [-0.25, -0.2) is 0 Å². The van der Waals surface area contributed by atoms with Crippen LogP contribution in [0, 0.1) is 6.92 Å². The van der Waals surface area contributed by atoms with Crippen molar-refractivity contribution in [3.63, 3.8) is 0 Å². The number of hydrogen-bond acceptors (Lipinski definition) is 2. The average Bonchev–Trinajstić information content (AvgIpc) is 2.58. The first kappa shape index (κ1) is 11.2. The minimum Gasteiger partial charge on any atom is -0.303 e. The molecule has 0 saturated heterocycles. The van der Waals surface area contributed by atoms with Crippen molar-refractivity contribution in [2.24, 2.45) is 0 Å². The lowest BCUT2D eigenvalue weighted by Crippen LogP contribution is -2.27.